The zero-order valence-electron chi connectivity index (χ0n) is 16.8. The molecule has 3 aromatic rings. The molecule has 1 fully saturated rings. The molecule has 152 valence electrons. The van der Waals surface area contributed by atoms with Crippen LogP contribution in [0.25, 0.3) is 5.65 Å². The predicted octanol–water partition coefficient (Wildman–Crippen LogP) is 2.97. The highest BCUT2D eigenvalue weighted by molar-refractivity contribution is 5.98. The molecule has 1 atom stereocenters. The maximum atomic E-state index is 13.1. The molecular formula is C22H28N6O. The van der Waals surface area contributed by atoms with E-state index in [0.717, 1.165) is 37.3 Å². The van der Waals surface area contributed by atoms with Gasteiger partial charge in [-0.15, -0.1) is 0 Å². The van der Waals surface area contributed by atoms with E-state index < -0.39 is 0 Å². The third-order valence-corrected chi connectivity index (χ3v) is 5.58. The molecule has 0 radical (unpaired) electrons. The Bertz CT molecular complexity index is 978. The highest BCUT2D eigenvalue weighted by Gasteiger charge is 2.21. The van der Waals surface area contributed by atoms with Crippen LogP contribution in [0.2, 0.25) is 0 Å². The van der Waals surface area contributed by atoms with E-state index in [0.29, 0.717) is 17.0 Å². The number of aryl methyl sites for hydroxylation is 1. The van der Waals surface area contributed by atoms with E-state index in [9.17, 15) is 4.79 Å². The number of carbonyl (C=O) groups is 1. The van der Waals surface area contributed by atoms with Crippen molar-refractivity contribution < 1.29 is 4.79 Å². The van der Waals surface area contributed by atoms with Gasteiger partial charge in [0.05, 0.1) is 17.3 Å². The number of benzene rings is 1. The lowest BCUT2D eigenvalue weighted by Gasteiger charge is -2.28. The first-order valence-corrected chi connectivity index (χ1v) is 10.3. The van der Waals surface area contributed by atoms with Crippen molar-refractivity contribution in [1.29, 1.82) is 0 Å². The van der Waals surface area contributed by atoms with Gasteiger partial charge in [0, 0.05) is 18.8 Å². The zero-order valence-corrected chi connectivity index (χ0v) is 16.8. The van der Waals surface area contributed by atoms with Crippen LogP contribution in [0.5, 0.6) is 0 Å². The Kier molecular flexibility index (Phi) is 5.76. The summed E-state index contributed by atoms with van der Waals surface area (Å²) in [7, 11) is 0. The van der Waals surface area contributed by atoms with Crippen LogP contribution in [-0.4, -0.2) is 45.0 Å². The van der Waals surface area contributed by atoms with Crippen LogP contribution in [0.4, 0.5) is 5.82 Å². The lowest BCUT2D eigenvalue weighted by Crippen LogP contribution is -2.35. The van der Waals surface area contributed by atoms with E-state index in [-0.39, 0.29) is 11.9 Å². The SMILES string of the molecule is Cc1cc2ncc(C(=O)N[C@H](CCN3CCCCC3)c3ccccc3)c(N)n2n1. The number of fused-ring (bicyclic) bond motifs is 1. The lowest BCUT2D eigenvalue weighted by molar-refractivity contribution is 0.0930. The molecule has 1 aliphatic rings. The van der Waals surface area contributed by atoms with E-state index in [2.05, 4.69) is 32.4 Å². The molecule has 3 N–H and O–H groups in total. The van der Waals surface area contributed by atoms with E-state index in [1.165, 1.54) is 30.0 Å². The summed E-state index contributed by atoms with van der Waals surface area (Å²) in [5.41, 5.74) is 9.12. The van der Waals surface area contributed by atoms with E-state index in [1.54, 1.807) is 0 Å². The van der Waals surface area contributed by atoms with Crippen molar-refractivity contribution in [2.24, 2.45) is 0 Å². The van der Waals surface area contributed by atoms with E-state index in [4.69, 9.17) is 5.73 Å². The van der Waals surface area contributed by atoms with E-state index >= 15 is 0 Å². The van der Waals surface area contributed by atoms with Crippen LogP contribution in [-0.2, 0) is 0 Å². The molecular weight excluding hydrogens is 364 g/mol. The summed E-state index contributed by atoms with van der Waals surface area (Å²) in [6.07, 6.45) is 6.22. The van der Waals surface area contributed by atoms with Crippen molar-refractivity contribution in [2.75, 3.05) is 25.4 Å². The summed E-state index contributed by atoms with van der Waals surface area (Å²) >= 11 is 0. The average Bonchev–Trinajstić information content (AvgIpc) is 3.14. The number of nitrogens with zero attached hydrogens (tertiary/aromatic N) is 4. The monoisotopic (exact) mass is 392 g/mol. The molecule has 0 spiro atoms. The van der Waals surface area contributed by atoms with Crippen LogP contribution >= 0.6 is 0 Å². The summed E-state index contributed by atoms with van der Waals surface area (Å²) in [6.45, 7) is 5.12. The molecule has 29 heavy (non-hydrogen) atoms. The molecule has 7 nitrogen and oxygen atoms in total. The third-order valence-electron chi connectivity index (χ3n) is 5.58. The van der Waals surface area contributed by atoms with Crippen molar-refractivity contribution in [3.63, 3.8) is 0 Å². The Hall–Kier alpha value is -2.93. The number of rotatable bonds is 6. The smallest absolute Gasteiger partial charge is 0.257 e. The molecule has 0 bridgehead atoms. The third kappa shape index (κ3) is 4.40. The van der Waals surface area contributed by atoms with Gasteiger partial charge < -0.3 is 16.0 Å². The number of hydrogen-bond donors (Lipinski definition) is 2. The molecule has 0 unspecified atom stereocenters. The molecule has 4 rings (SSSR count). The number of nitrogens with one attached hydrogen (secondary N) is 1. The molecule has 1 aromatic carbocycles. The first-order valence-electron chi connectivity index (χ1n) is 10.3. The second-order valence-corrected chi connectivity index (χ2v) is 7.74. The quantitative estimate of drug-likeness (QED) is 0.673. The summed E-state index contributed by atoms with van der Waals surface area (Å²) in [5, 5.41) is 7.51. The number of nitrogen functional groups attached to an aromatic ring is 1. The van der Waals surface area contributed by atoms with Crippen molar-refractivity contribution >= 4 is 17.4 Å². The van der Waals surface area contributed by atoms with Crippen molar-refractivity contribution in [3.8, 4) is 0 Å². The molecule has 1 aliphatic heterocycles. The largest absolute Gasteiger partial charge is 0.383 e. The number of nitrogens with two attached hydrogens (primary N) is 1. The zero-order chi connectivity index (χ0) is 20.2. The number of hydrogen-bond acceptors (Lipinski definition) is 5. The predicted molar refractivity (Wildman–Crippen MR) is 114 cm³/mol. The number of anilines is 1. The van der Waals surface area contributed by atoms with Crippen LogP contribution in [0, 0.1) is 6.92 Å². The molecule has 7 heteroatoms. The number of piperidine rings is 1. The standard InChI is InChI=1S/C22H28N6O/c1-16-14-20-24-15-18(21(23)28(20)26-16)22(29)25-19(17-8-4-2-5-9-17)10-13-27-11-6-3-7-12-27/h2,4-5,8-9,14-15,19H,3,6-7,10-13,23H2,1H3,(H,25,29)/t19-/m1/s1. The van der Waals surface area contributed by atoms with Crippen molar-refractivity contribution in [3.05, 3.63) is 59.4 Å². The van der Waals surface area contributed by atoms with Gasteiger partial charge >= 0.3 is 0 Å². The molecule has 3 heterocycles. The Morgan fingerprint density at radius 3 is 2.72 bits per heavy atom. The summed E-state index contributed by atoms with van der Waals surface area (Å²) in [5.74, 6) is 0.0843. The fourth-order valence-corrected chi connectivity index (χ4v) is 3.98. The normalized spacial score (nSPS) is 16.0. The first-order chi connectivity index (χ1) is 14.1. The Morgan fingerprint density at radius 1 is 1.21 bits per heavy atom. The second-order valence-electron chi connectivity index (χ2n) is 7.74. The fourth-order valence-electron chi connectivity index (χ4n) is 3.98. The van der Waals surface area contributed by atoms with Crippen LogP contribution in [0.3, 0.4) is 0 Å². The van der Waals surface area contributed by atoms with Crippen LogP contribution in [0.15, 0.2) is 42.6 Å². The second kappa shape index (κ2) is 8.61. The Labute approximate surface area is 170 Å². The highest BCUT2D eigenvalue weighted by Crippen LogP contribution is 2.21. The van der Waals surface area contributed by atoms with Gasteiger partial charge in [0.1, 0.15) is 5.82 Å². The van der Waals surface area contributed by atoms with Gasteiger partial charge in [0.15, 0.2) is 5.65 Å². The van der Waals surface area contributed by atoms with Crippen LogP contribution in [0.1, 0.15) is 53.3 Å². The van der Waals surface area contributed by atoms with Gasteiger partial charge in [-0.3, -0.25) is 4.79 Å². The molecule has 0 saturated carbocycles. The minimum atomic E-state index is -0.224. The van der Waals surface area contributed by atoms with E-state index in [1.807, 2.05) is 31.2 Å². The maximum Gasteiger partial charge on any atom is 0.257 e. The maximum absolute atomic E-state index is 13.1. The molecule has 1 saturated heterocycles. The fraction of sp³-hybridized carbons (Fsp3) is 0.409. The van der Waals surface area contributed by atoms with Crippen molar-refractivity contribution in [2.45, 2.75) is 38.6 Å². The summed E-state index contributed by atoms with van der Waals surface area (Å²) in [4.78, 5) is 19.9. The Morgan fingerprint density at radius 2 is 1.97 bits per heavy atom. The van der Waals surface area contributed by atoms with Gasteiger partial charge in [0.25, 0.3) is 5.91 Å². The highest BCUT2D eigenvalue weighted by atomic mass is 16.1. The van der Waals surface area contributed by atoms with Gasteiger partial charge in [-0.25, -0.2) is 4.98 Å². The van der Waals surface area contributed by atoms with Gasteiger partial charge in [-0.1, -0.05) is 36.8 Å². The van der Waals surface area contributed by atoms with Crippen LogP contribution < -0.4 is 11.1 Å². The number of likely N-dealkylation sites (tertiary alicyclic amines) is 1. The number of carbonyl (C=O) groups excluding carboxylic acids is 1. The summed E-state index contributed by atoms with van der Waals surface area (Å²) < 4.78 is 1.52. The summed E-state index contributed by atoms with van der Waals surface area (Å²) in [6, 6.07) is 11.9. The molecule has 0 aliphatic carbocycles. The first kappa shape index (κ1) is 19.4. The number of amides is 1. The lowest BCUT2D eigenvalue weighted by atomic mass is 10.0. The van der Waals surface area contributed by atoms with Gasteiger partial charge in [-0.05, 0) is 44.8 Å². The van der Waals surface area contributed by atoms with Crippen molar-refractivity contribution in [1.82, 2.24) is 24.8 Å². The molecule has 2 aromatic heterocycles. The topological polar surface area (TPSA) is 88.5 Å². The average molecular weight is 393 g/mol. The number of aromatic nitrogens is 3. The van der Waals surface area contributed by atoms with Gasteiger partial charge in [0.2, 0.25) is 0 Å². The molecule has 1 amide bonds. The Balaban J connectivity index is 1.53. The minimum Gasteiger partial charge on any atom is -0.383 e. The minimum absolute atomic E-state index is 0.0833. The van der Waals surface area contributed by atoms with Gasteiger partial charge in [-0.2, -0.15) is 9.61 Å².